The zero-order chi connectivity index (χ0) is 14.8. The number of fused-ring (bicyclic) bond motifs is 1. The molecule has 1 atom stereocenters. The molecule has 3 nitrogen and oxygen atoms in total. The van der Waals surface area contributed by atoms with Crippen LogP contribution >= 0.6 is 11.6 Å². The second-order valence-electron chi connectivity index (χ2n) is 5.06. The predicted octanol–water partition coefficient (Wildman–Crippen LogP) is 4.18. The highest BCUT2D eigenvalue weighted by Crippen LogP contribution is 2.25. The molecule has 1 aromatic heterocycles. The number of para-hydroxylation sites is 2. The summed E-state index contributed by atoms with van der Waals surface area (Å²) in [6.07, 6.45) is 0.0612. The molecule has 3 rings (SSSR count). The summed E-state index contributed by atoms with van der Waals surface area (Å²) < 4.78 is 2.05. The van der Waals surface area contributed by atoms with Gasteiger partial charge in [0, 0.05) is 5.02 Å². The molecule has 0 saturated carbocycles. The van der Waals surface area contributed by atoms with E-state index in [4.69, 9.17) is 11.6 Å². The summed E-state index contributed by atoms with van der Waals surface area (Å²) in [5.41, 5.74) is 2.93. The van der Waals surface area contributed by atoms with Gasteiger partial charge in [-0.05, 0) is 30.2 Å². The molecule has 3 aromatic rings. The van der Waals surface area contributed by atoms with Crippen molar-refractivity contribution in [2.45, 2.75) is 26.0 Å². The molecular formula is C17H17ClN2O. The third-order valence-corrected chi connectivity index (χ3v) is 4.02. The molecule has 1 N–H and O–H groups in total. The van der Waals surface area contributed by atoms with Crippen molar-refractivity contribution in [3.8, 4) is 0 Å². The van der Waals surface area contributed by atoms with Gasteiger partial charge in [0.1, 0.15) is 11.9 Å². The van der Waals surface area contributed by atoms with Crippen LogP contribution in [0, 0.1) is 0 Å². The summed E-state index contributed by atoms with van der Waals surface area (Å²) in [7, 11) is 0. The topological polar surface area (TPSA) is 38.1 Å². The molecule has 21 heavy (non-hydrogen) atoms. The van der Waals surface area contributed by atoms with E-state index >= 15 is 0 Å². The quantitative estimate of drug-likeness (QED) is 0.785. The maximum atomic E-state index is 10.2. The first-order chi connectivity index (χ1) is 10.2. The maximum Gasteiger partial charge on any atom is 0.139 e. The number of hydrogen-bond donors (Lipinski definition) is 1. The van der Waals surface area contributed by atoms with Gasteiger partial charge in [0.15, 0.2) is 0 Å². The van der Waals surface area contributed by atoms with E-state index in [9.17, 15) is 5.11 Å². The predicted molar refractivity (Wildman–Crippen MR) is 85.5 cm³/mol. The van der Waals surface area contributed by atoms with Crippen molar-refractivity contribution in [3.63, 3.8) is 0 Å². The van der Waals surface area contributed by atoms with Crippen LogP contribution in [0.4, 0.5) is 0 Å². The molecule has 108 valence electrons. The summed E-state index contributed by atoms with van der Waals surface area (Å²) in [5.74, 6) is 0.693. The van der Waals surface area contributed by atoms with Crippen molar-refractivity contribution in [3.05, 3.63) is 64.9 Å². The molecule has 2 aromatic carbocycles. The van der Waals surface area contributed by atoms with Crippen molar-refractivity contribution >= 4 is 22.6 Å². The molecule has 4 heteroatoms. The molecule has 0 saturated heterocycles. The van der Waals surface area contributed by atoms with E-state index < -0.39 is 6.10 Å². The van der Waals surface area contributed by atoms with Crippen LogP contribution in [-0.2, 0) is 6.54 Å². The lowest BCUT2D eigenvalue weighted by molar-refractivity contribution is 0.160. The van der Waals surface area contributed by atoms with Gasteiger partial charge in [-0.1, -0.05) is 48.9 Å². The average molecular weight is 301 g/mol. The van der Waals surface area contributed by atoms with Gasteiger partial charge in [0.05, 0.1) is 17.6 Å². The fourth-order valence-electron chi connectivity index (χ4n) is 2.49. The number of nitrogens with zero attached hydrogens (tertiary/aromatic N) is 2. The Kier molecular flexibility index (Phi) is 3.95. The van der Waals surface area contributed by atoms with Gasteiger partial charge in [-0.3, -0.25) is 0 Å². The Morgan fingerprint density at radius 3 is 2.62 bits per heavy atom. The molecule has 0 spiro atoms. The molecule has 1 unspecified atom stereocenters. The van der Waals surface area contributed by atoms with E-state index in [0.717, 1.165) is 21.6 Å². The van der Waals surface area contributed by atoms with E-state index in [1.54, 1.807) is 0 Å². The van der Waals surface area contributed by atoms with Crippen LogP contribution in [0.2, 0.25) is 5.02 Å². The smallest absolute Gasteiger partial charge is 0.139 e. The van der Waals surface area contributed by atoms with Gasteiger partial charge in [-0.2, -0.15) is 0 Å². The van der Waals surface area contributed by atoms with Crippen molar-refractivity contribution < 1.29 is 5.11 Å². The number of aliphatic hydroxyl groups is 1. The van der Waals surface area contributed by atoms with Crippen molar-refractivity contribution in [1.82, 2.24) is 9.55 Å². The average Bonchev–Trinajstić information content (AvgIpc) is 2.88. The molecule has 0 aliphatic heterocycles. The van der Waals surface area contributed by atoms with Gasteiger partial charge in [0.25, 0.3) is 0 Å². The number of hydrogen-bond acceptors (Lipinski definition) is 2. The number of imidazole rings is 1. The van der Waals surface area contributed by atoms with Crippen LogP contribution in [0.1, 0.15) is 30.8 Å². The normalized spacial score (nSPS) is 12.7. The number of aromatic nitrogens is 2. The summed E-state index contributed by atoms with van der Waals surface area (Å²) in [6.45, 7) is 2.55. The highest BCUT2D eigenvalue weighted by Gasteiger charge is 2.17. The first kappa shape index (κ1) is 14.1. The highest BCUT2D eigenvalue weighted by atomic mass is 35.5. The van der Waals surface area contributed by atoms with Crippen molar-refractivity contribution in [2.24, 2.45) is 0 Å². The second kappa shape index (κ2) is 5.88. The summed E-state index contributed by atoms with van der Waals surface area (Å²) in [6, 6.07) is 15.7. The van der Waals surface area contributed by atoms with Crippen LogP contribution < -0.4 is 0 Å². The fourth-order valence-corrected chi connectivity index (χ4v) is 2.69. The standard InChI is InChI=1S/C17H17ClN2O/c1-2-16(21)17-19-14-9-5-6-10-15(14)20(17)11-12-7-3-4-8-13(12)18/h3-10,16,21H,2,11H2,1H3. The van der Waals surface area contributed by atoms with Crippen LogP contribution in [0.15, 0.2) is 48.5 Å². The molecule has 0 radical (unpaired) electrons. The molecular weight excluding hydrogens is 284 g/mol. The molecule has 0 fully saturated rings. The lowest BCUT2D eigenvalue weighted by atomic mass is 10.2. The minimum absolute atomic E-state index is 0.570. The Hall–Kier alpha value is -1.84. The Labute approximate surface area is 128 Å². The number of halogens is 1. The van der Waals surface area contributed by atoms with Crippen LogP contribution in [0.25, 0.3) is 11.0 Å². The van der Waals surface area contributed by atoms with E-state index in [1.165, 1.54) is 0 Å². The SMILES string of the molecule is CCC(O)c1nc2ccccc2n1Cc1ccccc1Cl. The summed E-state index contributed by atoms with van der Waals surface area (Å²) in [4.78, 5) is 4.58. The van der Waals surface area contributed by atoms with Crippen LogP contribution in [0.5, 0.6) is 0 Å². The third-order valence-electron chi connectivity index (χ3n) is 3.66. The second-order valence-corrected chi connectivity index (χ2v) is 5.47. The monoisotopic (exact) mass is 300 g/mol. The van der Waals surface area contributed by atoms with E-state index in [1.807, 2.05) is 60.0 Å². The Morgan fingerprint density at radius 2 is 1.86 bits per heavy atom. The first-order valence-electron chi connectivity index (χ1n) is 7.07. The number of aliphatic hydroxyl groups excluding tert-OH is 1. The minimum Gasteiger partial charge on any atom is -0.385 e. The number of benzene rings is 2. The van der Waals surface area contributed by atoms with Gasteiger partial charge < -0.3 is 9.67 Å². The van der Waals surface area contributed by atoms with E-state index in [2.05, 4.69) is 4.98 Å². The molecule has 0 aliphatic carbocycles. The maximum absolute atomic E-state index is 10.2. The number of rotatable bonds is 4. The van der Waals surface area contributed by atoms with Crippen LogP contribution in [-0.4, -0.2) is 14.7 Å². The lowest BCUT2D eigenvalue weighted by Crippen LogP contribution is -2.09. The van der Waals surface area contributed by atoms with Crippen LogP contribution in [0.3, 0.4) is 0 Å². The molecule has 0 aliphatic rings. The van der Waals surface area contributed by atoms with Crippen molar-refractivity contribution in [1.29, 1.82) is 0 Å². The largest absolute Gasteiger partial charge is 0.385 e. The van der Waals surface area contributed by atoms with Gasteiger partial charge in [-0.15, -0.1) is 0 Å². The van der Waals surface area contributed by atoms with Gasteiger partial charge >= 0.3 is 0 Å². The van der Waals surface area contributed by atoms with E-state index in [-0.39, 0.29) is 0 Å². The summed E-state index contributed by atoms with van der Waals surface area (Å²) in [5, 5.41) is 11.0. The Bertz CT molecular complexity index is 766. The Morgan fingerprint density at radius 1 is 1.14 bits per heavy atom. The van der Waals surface area contributed by atoms with E-state index in [0.29, 0.717) is 18.8 Å². The Balaban J connectivity index is 2.13. The minimum atomic E-state index is -0.570. The fraction of sp³-hybridized carbons (Fsp3) is 0.235. The van der Waals surface area contributed by atoms with Gasteiger partial charge in [-0.25, -0.2) is 4.98 Å². The van der Waals surface area contributed by atoms with Crippen molar-refractivity contribution in [2.75, 3.05) is 0 Å². The molecule has 1 heterocycles. The first-order valence-corrected chi connectivity index (χ1v) is 7.45. The zero-order valence-corrected chi connectivity index (χ0v) is 12.6. The molecule has 0 amide bonds. The zero-order valence-electron chi connectivity index (χ0n) is 11.8. The molecule has 0 bridgehead atoms. The van der Waals surface area contributed by atoms with Gasteiger partial charge in [0.2, 0.25) is 0 Å². The third kappa shape index (κ3) is 2.67. The highest BCUT2D eigenvalue weighted by molar-refractivity contribution is 6.31. The summed E-state index contributed by atoms with van der Waals surface area (Å²) >= 11 is 6.26. The lowest BCUT2D eigenvalue weighted by Gasteiger charge is -2.13.